The first-order valence-electron chi connectivity index (χ1n) is 25.1. The fourth-order valence-electron chi connectivity index (χ4n) is 12.5. The number of para-hydroxylation sites is 2. The van der Waals surface area contributed by atoms with Gasteiger partial charge in [0.1, 0.15) is 0 Å². The van der Waals surface area contributed by atoms with Gasteiger partial charge in [-0.25, -0.2) is 0 Å². The van der Waals surface area contributed by atoms with E-state index in [9.17, 15) is 0 Å². The van der Waals surface area contributed by atoms with Crippen molar-refractivity contribution in [3.05, 3.63) is 174 Å². The molecule has 2 unspecified atom stereocenters. The molecule has 0 spiro atoms. The van der Waals surface area contributed by atoms with Crippen LogP contribution in [0.4, 0.5) is 45.5 Å². The fraction of sp³-hybridized carbons (Fsp3) is 0.333. The van der Waals surface area contributed by atoms with Crippen molar-refractivity contribution in [2.45, 2.75) is 135 Å². The minimum Gasteiger partial charge on any atom is -0.334 e. The van der Waals surface area contributed by atoms with Gasteiger partial charge in [-0.2, -0.15) is 0 Å². The van der Waals surface area contributed by atoms with Gasteiger partial charge in [0.25, 0.3) is 6.71 Å². The fourth-order valence-corrected chi connectivity index (χ4v) is 12.5. The van der Waals surface area contributed by atoms with E-state index < -0.39 is 0 Å². The molecule has 3 nitrogen and oxygen atoms in total. The molecule has 3 heterocycles. The monoisotopic (exact) mass is 878 g/mol. The molecule has 1 aliphatic carbocycles. The SMILES string of the molecule is CC(C)(C)c1ccc(N2c3cc(N4c5ccccc5C5(C)CCCCCC45C)ccc3B3c4ccccc4N(c4ccc(C(C)(C)C)cc4-c4ccccc4)c4cc(C(C)(C)C)cc2c43)cc1. The third-order valence-corrected chi connectivity index (χ3v) is 16.5. The first-order valence-corrected chi connectivity index (χ1v) is 25.1. The molecule has 4 heteroatoms. The van der Waals surface area contributed by atoms with Crippen LogP contribution in [0.2, 0.25) is 0 Å². The molecule has 2 atom stereocenters. The van der Waals surface area contributed by atoms with Gasteiger partial charge in [0.15, 0.2) is 0 Å². The first kappa shape index (κ1) is 43.6. The van der Waals surface area contributed by atoms with Crippen LogP contribution in [0.5, 0.6) is 0 Å². The summed E-state index contributed by atoms with van der Waals surface area (Å²) >= 11 is 0. The van der Waals surface area contributed by atoms with Crippen LogP contribution in [0.15, 0.2) is 152 Å². The normalized spacial score (nSPS) is 19.9. The number of nitrogens with zero attached hydrogens (tertiary/aromatic N) is 3. The molecule has 0 bridgehead atoms. The highest BCUT2D eigenvalue weighted by atomic mass is 15.3. The van der Waals surface area contributed by atoms with Crippen molar-refractivity contribution in [2.75, 3.05) is 14.7 Å². The predicted octanol–water partition coefficient (Wildman–Crippen LogP) is 15.5. The molecule has 0 N–H and O–H groups in total. The molecule has 338 valence electrons. The van der Waals surface area contributed by atoms with E-state index in [-0.39, 0.29) is 33.9 Å². The van der Waals surface area contributed by atoms with Crippen molar-refractivity contribution in [1.29, 1.82) is 0 Å². The number of rotatable bonds is 4. The van der Waals surface area contributed by atoms with Crippen molar-refractivity contribution in [1.82, 2.24) is 0 Å². The Bertz CT molecular complexity index is 3050. The van der Waals surface area contributed by atoms with E-state index in [1.54, 1.807) is 0 Å². The van der Waals surface area contributed by atoms with Gasteiger partial charge in [-0.1, -0.05) is 179 Å². The molecule has 0 aromatic heterocycles. The van der Waals surface area contributed by atoms with Gasteiger partial charge in [0, 0.05) is 50.8 Å². The lowest BCUT2D eigenvalue weighted by Gasteiger charge is -2.48. The summed E-state index contributed by atoms with van der Waals surface area (Å²) in [6.45, 7) is 26.2. The zero-order chi connectivity index (χ0) is 46.8. The Morgan fingerprint density at radius 1 is 0.433 bits per heavy atom. The third-order valence-electron chi connectivity index (χ3n) is 16.5. The van der Waals surface area contributed by atoms with E-state index in [1.165, 1.54) is 127 Å². The summed E-state index contributed by atoms with van der Waals surface area (Å²) in [4.78, 5) is 8.02. The quantitative estimate of drug-likeness (QED) is 0.163. The Morgan fingerprint density at radius 2 is 1.01 bits per heavy atom. The summed E-state index contributed by atoms with van der Waals surface area (Å²) in [7, 11) is 0. The summed E-state index contributed by atoms with van der Waals surface area (Å²) in [5, 5.41) is 0. The maximum absolute atomic E-state index is 2.77. The van der Waals surface area contributed by atoms with Crippen molar-refractivity contribution in [3.63, 3.8) is 0 Å². The third kappa shape index (κ3) is 6.75. The van der Waals surface area contributed by atoms with Gasteiger partial charge < -0.3 is 14.7 Å². The molecule has 1 fully saturated rings. The minimum absolute atomic E-state index is 0.00667. The second kappa shape index (κ2) is 15.3. The van der Waals surface area contributed by atoms with E-state index in [2.05, 4.69) is 243 Å². The van der Waals surface area contributed by atoms with E-state index in [0.717, 1.165) is 0 Å². The zero-order valence-electron chi connectivity index (χ0n) is 41.9. The van der Waals surface area contributed by atoms with Crippen molar-refractivity contribution >= 4 is 68.6 Å². The van der Waals surface area contributed by atoms with Crippen LogP contribution < -0.4 is 31.1 Å². The number of fused-ring (bicyclic) bond motifs is 7. The second-order valence-electron chi connectivity index (χ2n) is 23.7. The summed E-state index contributed by atoms with van der Waals surface area (Å²) in [5.74, 6) is 0. The largest absolute Gasteiger partial charge is 0.334 e. The summed E-state index contributed by atoms with van der Waals surface area (Å²) in [6.07, 6.45) is 6.20. The number of anilines is 8. The Balaban J connectivity index is 1.21. The highest BCUT2D eigenvalue weighted by Gasteiger charge is 2.57. The average Bonchev–Trinajstić information content (AvgIpc) is 3.37. The van der Waals surface area contributed by atoms with Crippen LogP contribution in [0.25, 0.3) is 11.1 Å². The molecule has 0 amide bonds. The molecule has 7 aromatic carbocycles. The van der Waals surface area contributed by atoms with Gasteiger partial charge in [-0.3, -0.25) is 0 Å². The summed E-state index contributed by atoms with van der Waals surface area (Å²) in [6, 6.07) is 59.0. The number of hydrogen-bond acceptors (Lipinski definition) is 3. The average molecular weight is 878 g/mol. The van der Waals surface area contributed by atoms with Crippen LogP contribution >= 0.6 is 0 Å². The molecule has 67 heavy (non-hydrogen) atoms. The van der Waals surface area contributed by atoms with Gasteiger partial charge in [-0.05, 0) is 141 Å². The molecular formula is C63H68BN3. The number of hydrogen-bond donors (Lipinski definition) is 0. The van der Waals surface area contributed by atoms with E-state index in [0.29, 0.717) is 0 Å². The number of benzene rings is 7. The molecule has 4 aliphatic rings. The lowest BCUT2D eigenvalue weighted by Crippen LogP contribution is -2.61. The lowest BCUT2D eigenvalue weighted by atomic mass is 9.33. The van der Waals surface area contributed by atoms with Gasteiger partial charge in [0.05, 0.1) is 11.2 Å². The molecular weight excluding hydrogens is 810 g/mol. The standard InChI is InChI=1S/C63H68BN3/c1-59(2,3)43-28-31-46(32-29-43)65-55-41-47(67-53-26-18-16-24-49(53)62(10)36-20-13-21-37-63(62,67)11)33-34-51(55)64-50-25-17-19-27-54(50)66(57-40-45(61(7,8)9)39-56(65)58(57)64)52-35-30-44(60(4,5)6)38-48(52)42-22-14-12-15-23-42/h12,14-19,22-35,38-41H,13,20-21,36-37H2,1-11H3. The highest BCUT2D eigenvalue weighted by Crippen LogP contribution is 2.60. The smallest absolute Gasteiger partial charge is 0.252 e. The Hall–Kier alpha value is -6.00. The van der Waals surface area contributed by atoms with E-state index in [4.69, 9.17) is 0 Å². The first-order chi connectivity index (χ1) is 31.9. The van der Waals surface area contributed by atoms with Crippen molar-refractivity contribution in [3.8, 4) is 11.1 Å². The van der Waals surface area contributed by atoms with Gasteiger partial charge in [0.2, 0.25) is 0 Å². The Morgan fingerprint density at radius 3 is 1.72 bits per heavy atom. The Labute approximate surface area is 402 Å². The van der Waals surface area contributed by atoms with Crippen molar-refractivity contribution < 1.29 is 0 Å². The van der Waals surface area contributed by atoms with Crippen molar-refractivity contribution in [2.24, 2.45) is 0 Å². The van der Waals surface area contributed by atoms with Crippen LogP contribution in [0, 0.1) is 0 Å². The van der Waals surface area contributed by atoms with E-state index >= 15 is 0 Å². The molecule has 3 aliphatic heterocycles. The molecule has 0 radical (unpaired) electrons. The Kier molecular flexibility index (Phi) is 9.92. The van der Waals surface area contributed by atoms with Crippen LogP contribution in [0.3, 0.4) is 0 Å². The summed E-state index contributed by atoms with van der Waals surface area (Å²) in [5.41, 5.74) is 22.0. The van der Waals surface area contributed by atoms with Crippen LogP contribution in [-0.2, 0) is 21.7 Å². The second-order valence-corrected chi connectivity index (χ2v) is 23.7. The minimum atomic E-state index is -0.121. The molecule has 0 saturated heterocycles. The van der Waals surface area contributed by atoms with Crippen LogP contribution in [-0.4, -0.2) is 12.3 Å². The molecule has 1 saturated carbocycles. The van der Waals surface area contributed by atoms with Crippen LogP contribution in [0.1, 0.15) is 131 Å². The lowest BCUT2D eigenvalue weighted by molar-refractivity contribution is 0.261. The molecule has 7 aromatic rings. The van der Waals surface area contributed by atoms with Gasteiger partial charge in [-0.15, -0.1) is 0 Å². The highest BCUT2D eigenvalue weighted by molar-refractivity contribution is 7.00. The zero-order valence-corrected chi connectivity index (χ0v) is 41.9. The predicted molar refractivity (Wildman–Crippen MR) is 289 cm³/mol. The topological polar surface area (TPSA) is 9.72 Å². The van der Waals surface area contributed by atoms with E-state index in [1.807, 2.05) is 0 Å². The van der Waals surface area contributed by atoms with Gasteiger partial charge >= 0.3 is 0 Å². The maximum atomic E-state index is 2.77. The molecule has 11 rings (SSSR count). The summed E-state index contributed by atoms with van der Waals surface area (Å²) < 4.78 is 0. The maximum Gasteiger partial charge on any atom is 0.252 e.